The number of hydrogen-bond acceptors (Lipinski definition) is 6. The molecule has 0 spiro atoms. The van der Waals surface area contributed by atoms with Gasteiger partial charge in [-0.3, -0.25) is 4.79 Å². The van der Waals surface area contributed by atoms with Crippen molar-refractivity contribution in [2.45, 2.75) is 13.5 Å². The summed E-state index contributed by atoms with van der Waals surface area (Å²) in [6, 6.07) is 26.7. The summed E-state index contributed by atoms with van der Waals surface area (Å²) in [5.74, 6) is 1.36. The number of rotatable bonds is 8. The summed E-state index contributed by atoms with van der Waals surface area (Å²) in [7, 11) is 0. The molecule has 0 bridgehead atoms. The minimum Gasteiger partial charge on any atom is -0.490 e. The van der Waals surface area contributed by atoms with Gasteiger partial charge in [0.2, 0.25) is 5.82 Å². The van der Waals surface area contributed by atoms with Crippen LogP contribution in [0.4, 0.5) is 4.39 Å². The van der Waals surface area contributed by atoms with Crippen molar-refractivity contribution in [3.63, 3.8) is 0 Å². The fourth-order valence-corrected chi connectivity index (χ4v) is 5.22. The summed E-state index contributed by atoms with van der Waals surface area (Å²) in [6.07, 6.45) is 1.56. The van der Waals surface area contributed by atoms with Crippen LogP contribution in [0.25, 0.3) is 33.5 Å². The molecule has 6 aromatic rings. The van der Waals surface area contributed by atoms with E-state index in [0.717, 1.165) is 8.96 Å². The topological polar surface area (TPSA) is 78.9 Å². The van der Waals surface area contributed by atoms with Gasteiger partial charge in [0.1, 0.15) is 18.0 Å². The van der Waals surface area contributed by atoms with E-state index >= 15 is 0 Å². The molecule has 0 aliphatic heterocycles. The van der Waals surface area contributed by atoms with Gasteiger partial charge in [-0.05, 0) is 77.5 Å². The summed E-state index contributed by atoms with van der Waals surface area (Å²) in [5, 5.41) is 5.88. The Morgan fingerprint density at radius 2 is 1.78 bits per heavy atom. The van der Waals surface area contributed by atoms with Crippen molar-refractivity contribution in [3.8, 4) is 23.1 Å². The number of nitrogens with zero attached hydrogens (tertiary/aromatic N) is 3. The van der Waals surface area contributed by atoms with Crippen molar-refractivity contribution in [2.75, 3.05) is 6.61 Å². The van der Waals surface area contributed by atoms with Gasteiger partial charge in [-0.25, -0.2) is 9.37 Å². The molecule has 0 N–H and O–H groups in total. The average Bonchev–Trinajstić information content (AvgIpc) is 3.41. The third kappa shape index (κ3) is 5.45. The quantitative estimate of drug-likeness (QED) is 0.126. The second-order valence-electron chi connectivity index (χ2n) is 9.11. The minimum absolute atomic E-state index is 0.0508. The molecule has 0 aliphatic rings. The van der Waals surface area contributed by atoms with Crippen LogP contribution < -0.4 is 15.0 Å². The van der Waals surface area contributed by atoms with Crippen LogP contribution in [-0.4, -0.2) is 22.5 Å². The Morgan fingerprint density at radius 3 is 2.61 bits per heavy atom. The Kier molecular flexibility index (Phi) is 7.51. The first-order valence-electron chi connectivity index (χ1n) is 12.9. The molecule has 6 rings (SSSR count). The predicted octanol–water partition coefficient (Wildman–Crippen LogP) is 7.41. The molecule has 2 heterocycles. The fourth-order valence-electron chi connectivity index (χ4n) is 4.44. The highest BCUT2D eigenvalue weighted by atomic mass is 127. The number of fused-ring (bicyclic) bond motifs is 2. The maximum absolute atomic E-state index is 14.1. The molecule has 4 aromatic carbocycles. The van der Waals surface area contributed by atoms with Gasteiger partial charge in [0, 0.05) is 10.9 Å². The summed E-state index contributed by atoms with van der Waals surface area (Å²) < 4.78 is 34.0. The van der Waals surface area contributed by atoms with E-state index in [4.69, 9.17) is 18.9 Å². The van der Waals surface area contributed by atoms with E-state index in [2.05, 4.69) is 27.7 Å². The lowest BCUT2D eigenvalue weighted by Crippen LogP contribution is -2.20. The van der Waals surface area contributed by atoms with Gasteiger partial charge in [0.05, 0.1) is 27.3 Å². The first kappa shape index (κ1) is 26.7. The molecule has 0 amide bonds. The van der Waals surface area contributed by atoms with Gasteiger partial charge in [-0.2, -0.15) is 9.78 Å². The number of furan rings is 1. The zero-order chi connectivity index (χ0) is 28.3. The molecule has 9 heteroatoms. The molecule has 0 aliphatic carbocycles. The van der Waals surface area contributed by atoms with E-state index in [0.29, 0.717) is 51.5 Å². The van der Waals surface area contributed by atoms with Crippen LogP contribution in [-0.2, 0) is 6.61 Å². The highest BCUT2D eigenvalue weighted by molar-refractivity contribution is 14.1. The molecule has 0 fully saturated rings. The Balaban J connectivity index is 1.40. The van der Waals surface area contributed by atoms with E-state index in [-0.39, 0.29) is 23.8 Å². The van der Waals surface area contributed by atoms with Gasteiger partial charge in [-0.1, -0.05) is 48.5 Å². The largest absolute Gasteiger partial charge is 0.490 e. The number of aromatic nitrogens is 2. The smallest absolute Gasteiger partial charge is 0.282 e. The van der Waals surface area contributed by atoms with Crippen LogP contribution >= 0.6 is 22.6 Å². The van der Waals surface area contributed by atoms with Gasteiger partial charge in [0.15, 0.2) is 17.3 Å². The number of halogens is 2. The maximum Gasteiger partial charge on any atom is 0.282 e. The highest BCUT2D eigenvalue weighted by Crippen LogP contribution is 2.35. The molecule has 204 valence electrons. The van der Waals surface area contributed by atoms with Gasteiger partial charge >= 0.3 is 0 Å². The van der Waals surface area contributed by atoms with Crippen LogP contribution in [0.15, 0.2) is 105 Å². The Hall–Kier alpha value is -4.51. The highest BCUT2D eigenvalue weighted by Gasteiger charge is 2.17. The molecule has 41 heavy (non-hydrogen) atoms. The molecule has 2 aromatic heterocycles. The van der Waals surface area contributed by atoms with Crippen LogP contribution in [0.3, 0.4) is 0 Å². The molecule has 0 saturated carbocycles. The monoisotopic (exact) mass is 659 g/mol. The SMILES string of the molecule is CCOc1cc(C=Nn2c(-c3cc4ccccc4o3)nc3ccccc3c2=O)cc(I)c1OCc1ccccc1F. The summed E-state index contributed by atoms with van der Waals surface area (Å²) in [5.41, 5.74) is 2.02. The second-order valence-corrected chi connectivity index (χ2v) is 10.3. The summed E-state index contributed by atoms with van der Waals surface area (Å²) >= 11 is 2.14. The molecule has 0 atom stereocenters. The number of ether oxygens (including phenoxy) is 2. The lowest BCUT2D eigenvalue weighted by Gasteiger charge is -2.15. The second kappa shape index (κ2) is 11.5. The lowest BCUT2D eigenvalue weighted by atomic mass is 10.2. The van der Waals surface area contributed by atoms with Crippen LogP contribution in [0.1, 0.15) is 18.1 Å². The van der Waals surface area contributed by atoms with Gasteiger partial charge in [-0.15, -0.1) is 0 Å². The number of para-hydroxylation sites is 2. The Morgan fingerprint density at radius 1 is 1.00 bits per heavy atom. The van der Waals surface area contributed by atoms with E-state index in [9.17, 15) is 9.18 Å². The molecular formula is C32H23FIN3O4. The fraction of sp³-hybridized carbons (Fsp3) is 0.0938. The van der Waals surface area contributed by atoms with E-state index in [1.807, 2.05) is 49.4 Å². The van der Waals surface area contributed by atoms with Crippen LogP contribution in [0, 0.1) is 9.39 Å². The first-order valence-corrected chi connectivity index (χ1v) is 14.0. The molecular weight excluding hydrogens is 636 g/mol. The number of benzene rings is 4. The van der Waals surface area contributed by atoms with Crippen LogP contribution in [0.2, 0.25) is 0 Å². The van der Waals surface area contributed by atoms with Crippen LogP contribution in [0.5, 0.6) is 11.5 Å². The molecule has 0 unspecified atom stereocenters. The van der Waals surface area contributed by atoms with Crippen molar-refractivity contribution < 1.29 is 18.3 Å². The normalized spacial score (nSPS) is 11.5. The van der Waals surface area contributed by atoms with Crippen molar-refractivity contribution in [3.05, 3.63) is 122 Å². The zero-order valence-corrected chi connectivity index (χ0v) is 24.0. The lowest BCUT2D eigenvalue weighted by molar-refractivity contribution is 0.264. The Bertz CT molecular complexity index is 1950. The van der Waals surface area contributed by atoms with Crippen molar-refractivity contribution in [1.29, 1.82) is 0 Å². The van der Waals surface area contributed by atoms with Crippen molar-refractivity contribution in [1.82, 2.24) is 9.66 Å². The average molecular weight is 659 g/mol. The molecule has 0 radical (unpaired) electrons. The predicted molar refractivity (Wildman–Crippen MR) is 165 cm³/mol. The maximum atomic E-state index is 14.1. The zero-order valence-electron chi connectivity index (χ0n) is 21.9. The Labute approximate surface area is 248 Å². The number of hydrogen-bond donors (Lipinski definition) is 0. The molecule has 0 saturated heterocycles. The standard InChI is InChI=1S/C32H23FIN3O4/c1-2-39-28-16-20(15-25(34)30(28)40-19-22-10-3-6-12-24(22)33)18-35-37-31(29-17-21-9-4-8-14-27(21)41-29)36-26-13-7-5-11-23(26)32(37)38/h3-18H,2,19H2,1H3. The third-order valence-corrected chi connectivity index (χ3v) is 7.18. The van der Waals surface area contributed by atoms with Crippen molar-refractivity contribution in [2.24, 2.45) is 5.10 Å². The van der Waals surface area contributed by atoms with E-state index in [1.54, 1.807) is 48.7 Å². The van der Waals surface area contributed by atoms with Crippen molar-refractivity contribution >= 4 is 50.7 Å². The van der Waals surface area contributed by atoms with E-state index in [1.165, 1.54) is 10.7 Å². The first-order chi connectivity index (χ1) is 20.0. The van der Waals surface area contributed by atoms with Gasteiger partial charge < -0.3 is 13.9 Å². The van der Waals surface area contributed by atoms with E-state index < -0.39 is 0 Å². The third-order valence-electron chi connectivity index (χ3n) is 6.38. The summed E-state index contributed by atoms with van der Waals surface area (Å²) in [4.78, 5) is 18.3. The minimum atomic E-state index is -0.334. The summed E-state index contributed by atoms with van der Waals surface area (Å²) in [6.45, 7) is 2.32. The van der Waals surface area contributed by atoms with Gasteiger partial charge in [0.25, 0.3) is 5.56 Å². The molecule has 7 nitrogen and oxygen atoms in total.